The molecule has 0 fully saturated rings. The maximum absolute atomic E-state index is 13.4. The molecule has 0 aromatic heterocycles. The van der Waals surface area contributed by atoms with Crippen molar-refractivity contribution in [1.29, 1.82) is 0 Å². The number of aryl methyl sites for hydroxylation is 1. The first-order valence-electron chi connectivity index (χ1n) is 11.8. The Morgan fingerprint density at radius 2 is 1.66 bits per heavy atom. The van der Waals surface area contributed by atoms with Crippen molar-refractivity contribution in [2.45, 2.75) is 63.4 Å². The summed E-state index contributed by atoms with van der Waals surface area (Å²) in [5.74, 6) is -2.61. The Morgan fingerprint density at radius 1 is 1.00 bits per heavy atom. The smallest absolute Gasteiger partial charge is 0.317 e. The molecule has 10 heteroatoms. The molecule has 2 aromatic carbocycles. The van der Waals surface area contributed by atoms with E-state index in [1.807, 2.05) is 6.92 Å². The van der Waals surface area contributed by atoms with Gasteiger partial charge in [0.25, 0.3) is 10.0 Å². The lowest BCUT2D eigenvalue weighted by atomic mass is 10.0. The summed E-state index contributed by atoms with van der Waals surface area (Å²) in [5.41, 5.74) is 2.57. The Hall–Kier alpha value is -2.59. The number of sulfonamides is 1. The van der Waals surface area contributed by atoms with Gasteiger partial charge in [-0.15, -0.1) is 0 Å². The average Bonchev–Trinajstić information content (AvgIpc) is 3.02. The third-order valence-electron chi connectivity index (χ3n) is 5.99. The van der Waals surface area contributed by atoms with Gasteiger partial charge in [0.05, 0.1) is 10.6 Å². The second-order valence-corrected chi connectivity index (χ2v) is 10.4. The van der Waals surface area contributed by atoms with Crippen LogP contribution in [0, 0.1) is 0 Å². The molecule has 0 unspecified atom stereocenters. The third kappa shape index (κ3) is 6.76. The van der Waals surface area contributed by atoms with Crippen molar-refractivity contribution in [3.8, 4) is 0 Å². The summed E-state index contributed by atoms with van der Waals surface area (Å²) in [7, 11) is -4.62. The van der Waals surface area contributed by atoms with E-state index in [-0.39, 0.29) is 15.1 Å². The molecule has 192 valence electrons. The Labute approximate surface area is 204 Å². The molecular formula is C25H31F3N2O4S. The van der Waals surface area contributed by atoms with Gasteiger partial charge in [-0.1, -0.05) is 42.9 Å². The summed E-state index contributed by atoms with van der Waals surface area (Å²) >= 11 is 0. The van der Waals surface area contributed by atoms with E-state index in [0.717, 1.165) is 68.4 Å². The van der Waals surface area contributed by atoms with Crippen molar-refractivity contribution in [3.63, 3.8) is 0 Å². The number of unbranched alkanes of at least 4 members (excludes halogenated alkanes) is 1. The van der Waals surface area contributed by atoms with Gasteiger partial charge in [0.2, 0.25) is 0 Å². The minimum Gasteiger partial charge on any atom is -0.317 e. The van der Waals surface area contributed by atoms with E-state index >= 15 is 0 Å². The first-order chi connectivity index (χ1) is 16.6. The van der Waals surface area contributed by atoms with Gasteiger partial charge in [-0.05, 0) is 79.6 Å². The number of rotatable bonds is 9. The van der Waals surface area contributed by atoms with E-state index in [2.05, 4.69) is 16.7 Å². The number of anilines is 1. The van der Waals surface area contributed by atoms with Crippen molar-refractivity contribution in [3.05, 3.63) is 59.2 Å². The van der Waals surface area contributed by atoms with Crippen molar-refractivity contribution in [2.24, 2.45) is 0 Å². The van der Waals surface area contributed by atoms with Crippen LogP contribution in [0.5, 0.6) is 0 Å². The fourth-order valence-corrected chi connectivity index (χ4v) is 5.31. The van der Waals surface area contributed by atoms with Gasteiger partial charge >= 0.3 is 12.1 Å². The second-order valence-electron chi connectivity index (χ2n) is 8.65. The van der Waals surface area contributed by atoms with Crippen molar-refractivity contribution < 1.29 is 31.2 Å². The van der Waals surface area contributed by atoms with E-state index < -0.39 is 22.2 Å². The Balaban J connectivity index is 1.97. The van der Waals surface area contributed by atoms with Crippen molar-refractivity contribution in [2.75, 3.05) is 24.1 Å². The van der Waals surface area contributed by atoms with Crippen LogP contribution >= 0.6 is 0 Å². The fraction of sp³-hybridized carbons (Fsp3) is 0.480. The van der Waals surface area contributed by atoms with Gasteiger partial charge in [-0.3, -0.25) is 0 Å². The molecule has 0 atom stereocenters. The number of benzene rings is 2. The summed E-state index contributed by atoms with van der Waals surface area (Å²) in [6, 6.07) is 10.4. The zero-order chi connectivity index (χ0) is 25.6. The Kier molecular flexibility index (Phi) is 8.82. The molecule has 1 aliphatic heterocycles. The SMILES string of the molecule is CCCCc1ccc(S(=O)(=O)N(OC(=O)C(F)(F)F)c2ccc3c(c2)CCN(CCC)CC3)cc1. The van der Waals surface area contributed by atoms with Crippen molar-refractivity contribution >= 4 is 21.7 Å². The third-order valence-corrected chi connectivity index (χ3v) is 7.58. The van der Waals surface area contributed by atoms with Crippen LogP contribution in [0.4, 0.5) is 18.9 Å². The molecule has 0 amide bonds. The number of carbonyl (C=O) groups excluding carboxylic acids is 1. The molecule has 0 saturated carbocycles. The molecule has 0 aliphatic carbocycles. The first kappa shape index (κ1) is 27.0. The number of alkyl halides is 3. The molecule has 0 N–H and O–H groups in total. The summed E-state index contributed by atoms with van der Waals surface area (Å²) in [5, 5.41) is 0. The fourth-order valence-electron chi connectivity index (χ4n) is 4.08. The van der Waals surface area contributed by atoms with Gasteiger partial charge in [0, 0.05) is 13.1 Å². The highest BCUT2D eigenvalue weighted by atomic mass is 32.2. The minimum atomic E-state index is -5.36. The number of halogens is 3. The van der Waals surface area contributed by atoms with E-state index in [1.165, 1.54) is 24.3 Å². The highest BCUT2D eigenvalue weighted by Gasteiger charge is 2.45. The number of hydrogen-bond donors (Lipinski definition) is 0. The average molecular weight is 513 g/mol. The van der Waals surface area contributed by atoms with E-state index in [4.69, 9.17) is 0 Å². The monoisotopic (exact) mass is 512 g/mol. The largest absolute Gasteiger partial charge is 0.493 e. The highest BCUT2D eigenvalue weighted by molar-refractivity contribution is 7.92. The summed E-state index contributed by atoms with van der Waals surface area (Å²) in [4.78, 5) is 18.2. The van der Waals surface area contributed by atoms with Crippen LogP contribution in [-0.4, -0.2) is 45.1 Å². The lowest BCUT2D eigenvalue weighted by Crippen LogP contribution is -2.38. The molecule has 1 heterocycles. The molecule has 35 heavy (non-hydrogen) atoms. The number of nitrogens with zero attached hydrogens (tertiary/aromatic N) is 2. The normalized spacial score (nSPS) is 14.8. The van der Waals surface area contributed by atoms with Crippen molar-refractivity contribution in [1.82, 2.24) is 4.90 Å². The topological polar surface area (TPSA) is 66.9 Å². The molecule has 0 bridgehead atoms. The second kappa shape index (κ2) is 11.4. The lowest BCUT2D eigenvalue weighted by Gasteiger charge is -2.24. The maximum atomic E-state index is 13.4. The standard InChI is InChI=1S/C25H31F3N2O4S/c1-3-5-6-19-7-11-23(12-8-19)35(32,33)30(34-24(31)25(26,27)28)22-10-9-20-13-16-29(15-4-2)17-14-21(20)18-22/h7-12,18H,3-6,13-17H2,1-2H3. The number of fused-ring (bicyclic) bond motifs is 1. The van der Waals surface area contributed by atoms with E-state index in [0.29, 0.717) is 6.42 Å². The van der Waals surface area contributed by atoms with Crippen LogP contribution in [0.3, 0.4) is 0 Å². The van der Waals surface area contributed by atoms with Gasteiger partial charge < -0.3 is 9.74 Å². The minimum absolute atomic E-state index is 0.0961. The lowest BCUT2D eigenvalue weighted by molar-refractivity contribution is -0.199. The van der Waals surface area contributed by atoms with Gasteiger partial charge in [0.15, 0.2) is 0 Å². The first-order valence-corrected chi connectivity index (χ1v) is 13.3. The van der Waals surface area contributed by atoms with E-state index in [9.17, 15) is 26.4 Å². The molecule has 2 aromatic rings. The Bertz CT molecular complexity index is 1120. The molecule has 0 saturated heterocycles. The number of carbonyl (C=O) groups is 1. The van der Waals surface area contributed by atoms with Crippen LogP contribution in [0.2, 0.25) is 0 Å². The number of hydrogen-bond acceptors (Lipinski definition) is 5. The molecule has 0 radical (unpaired) electrons. The van der Waals surface area contributed by atoms with E-state index in [1.54, 1.807) is 18.2 Å². The summed E-state index contributed by atoms with van der Waals surface area (Å²) in [6.45, 7) is 6.64. The van der Waals surface area contributed by atoms with Crippen LogP contribution in [0.25, 0.3) is 0 Å². The van der Waals surface area contributed by atoms with Crippen LogP contribution < -0.4 is 4.47 Å². The molecule has 6 nitrogen and oxygen atoms in total. The van der Waals surface area contributed by atoms with Crippen LogP contribution in [0.1, 0.15) is 49.8 Å². The quantitative estimate of drug-likeness (QED) is 0.440. The predicted octanol–water partition coefficient (Wildman–Crippen LogP) is 5.06. The van der Waals surface area contributed by atoms with Crippen LogP contribution in [-0.2, 0) is 38.9 Å². The predicted molar refractivity (Wildman–Crippen MR) is 127 cm³/mol. The summed E-state index contributed by atoms with van der Waals surface area (Å²) in [6.07, 6.45) is -0.367. The molecular weight excluding hydrogens is 481 g/mol. The van der Waals surface area contributed by atoms with Gasteiger partial charge in [-0.25, -0.2) is 4.79 Å². The molecule has 1 aliphatic rings. The highest BCUT2D eigenvalue weighted by Crippen LogP contribution is 2.30. The van der Waals surface area contributed by atoms with Crippen LogP contribution in [0.15, 0.2) is 47.4 Å². The molecule has 0 spiro atoms. The molecule has 3 rings (SSSR count). The Morgan fingerprint density at radius 3 is 2.26 bits per heavy atom. The zero-order valence-corrected chi connectivity index (χ0v) is 20.8. The van der Waals surface area contributed by atoms with Gasteiger partial charge in [0.1, 0.15) is 0 Å². The van der Waals surface area contributed by atoms with Gasteiger partial charge in [-0.2, -0.15) is 21.6 Å². The maximum Gasteiger partial charge on any atom is 0.493 e. The summed E-state index contributed by atoms with van der Waals surface area (Å²) < 4.78 is 65.9. The zero-order valence-electron chi connectivity index (χ0n) is 20.0.